The molecule has 0 saturated carbocycles. The van der Waals surface area contributed by atoms with Crippen LogP contribution in [0.15, 0.2) is 54.7 Å². The SMILES string of the molecule is Cc1cc(Cc2ccccc2)cc([C@H]2CCCN(CC(=O)Nc3ccnn3C(C)C)C2)n1. The molecule has 1 aliphatic heterocycles. The van der Waals surface area contributed by atoms with Gasteiger partial charge in [0.15, 0.2) is 0 Å². The molecule has 168 valence electrons. The second-order valence-electron chi connectivity index (χ2n) is 9.08. The predicted octanol–water partition coefficient (Wildman–Crippen LogP) is 4.58. The van der Waals surface area contributed by atoms with Crippen LogP contribution in [0.3, 0.4) is 0 Å². The van der Waals surface area contributed by atoms with Crippen LogP contribution in [0.25, 0.3) is 0 Å². The number of hydrogen-bond donors (Lipinski definition) is 1. The minimum atomic E-state index is 0.00928. The van der Waals surface area contributed by atoms with Crippen molar-refractivity contribution in [2.75, 3.05) is 25.0 Å². The van der Waals surface area contributed by atoms with Crippen molar-refractivity contribution in [1.82, 2.24) is 19.7 Å². The van der Waals surface area contributed by atoms with Crippen LogP contribution in [0.1, 0.15) is 61.2 Å². The van der Waals surface area contributed by atoms with Gasteiger partial charge in [-0.25, -0.2) is 4.68 Å². The van der Waals surface area contributed by atoms with Crippen molar-refractivity contribution < 1.29 is 4.79 Å². The molecule has 6 heteroatoms. The maximum Gasteiger partial charge on any atom is 0.239 e. The number of likely N-dealkylation sites (tertiary alicyclic amines) is 1. The molecule has 4 rings (SSSR count). The summed E-state index contributed by atoms with van der Waals surface area (Å²) in [5, 5.41) is 7.32. The van der Waals surface area contributed by atoms with Crippen LogP contribution in [0.2, 0.25) is 0 Å². The van der Waals surface area contributed by atoms with Gasteiger partial charge in [-0.05, 0) is 69.8 Å². The zero-order valence-corrected chi connectivity index (χ0v) is 19.3. The Morgan fingerprint density at radius 3 is 2.75 bits per heavy atom. The van der Waals surface area contributed by atoms with Gasteiger partial charge in [0.2, 0.25) is 5.91 Å². The Labute approximate surface area is 190 Å². The Morgan fingerprint density at radius 1 is 1.16 bits per heavy atom. The van der Waals surface area contributed by atoms with E-state index in [1.807, 2.05) is 10.7 Å². The Kier molecular flexibility index (Phi) is 7.00. The number of carbonyl (C=O) groups is 1. The smallest absolute Gasteiger partial charge is 0.239 e. The van der Waals surface area contributed by atoms with Crippen molar-refractivity contribution in [2.45, 2.75) is 52.0 Å². The summed E-state index contributed by atoms with van der Waals surface area (Å²) in [6.45, 7) is 8.37. The van der Waals surface area contributed by atoms with Gasteiger partial charge in [0.25, 0.3) is 0 Å². The highest BCUT2D eigenvalue weighted by Crippen LogP contribution is 2.27. The van der Waals surface area contributed by atoms with E-state index in [-0.39, 0.29) is 11.9 Å². The Morgan fingerprint density at radius 2 is 1.97 bits per heavy atom. The number of nitrogens with one attached hydrogen (secondary N) is 1. The number of benzene rings is 1. The lowest BCUT2D eigenvalue weighted by molar-refractivity contribution is -0.117. The third-order valence-corrected chi connectivity index (χ3v) is 6.00. The highest BCUT2D eigenvalue weighted by atomic mass is 16.2. The molecular weight excluding hydrogens is 398 g/mol. The van der Waals surface area contributed by atoms with E-state index in [4.69, 9.17) is 4.98 Å². The average molecular weight is 432 g/mol. The summed E-state index contributed by atoms with van der Waals surface area (Å²) in [6.07, 6.45) is 4.83. The van der Waals surface area contributed by atoms with E-state index in [9.17, 15) is 4.79 Å². The third kappa shape index (κ3) is 5.62. The standard InChI is InChI=1S/C26H33N5O/c1-19(2)31-25(11-12-27-31)29-26(32)18-30-13-7-10-23(17-30)24-16-22(14-20(3)28-24)15-21-8-5-4-6-9-21/h4-6,8-9,11-12,14,16,19,23H,7,10,13,15,17-18H2,1-3H3,(H,29,32)/t23-/m0/s1. The molecule has 1 atom stereocenters. The summed E-state index contributed by atoms with van der Waals surface area (Å²) in [4.78, 5) is 19.8. The number of nitrogens with zero attached hydrogens (tertiary/aromatic N) is 4. The highest BCUT2D eigenvalue weighted by molar-refractivity contribution is 5.91. The van der Waals surface area contributed by atoms with Gasteiger partial charge < -0.3 is 5.32 Å². The van der Waals surface area contributed by atoms with Gasteiger partial charge in [0.05, 0.1) is 12.7 Å². The molecule has 0 spiro atoms. The number of hydrogen-bond acceptors (Lipinski definition) is 4. The average Bonchev–Trinajstić information content (AvgIpc) is 3.22. The first-order valence-electron chi connectivity index (χ1n) is 11.5. The second-order valence-corrected chi connectivity index (χ2v) is 9.08. The molecule has 0 bridgehead atoms. The van der Waals surface area contributed by atoms with E-state index in [0.717, 1.165) is 49.6 Å². The minimum absolute atomic E-state index is 0.00928. The van der Waals surface area contributed by atoms with Crippen LogP contribution in [0.5, 0.6) is 0 Å². The number of rotatable bonds is 7. The normalized spacial score (nSPS) is 16.9. The molecule has 32 heavy (non-hydrogen) atoms. The van der Waals surface area contributed by atoms with Crippen molar-refractivity contribution in [3.8, 4) is 0 Å². The van der Waals surface area contributed by atoms with Gasteiger partial charge in [-0.1, -0.05) is 30.3 Å². The molecule has 1 aromatic carbocycles. The van der Waals surface area contributed by atoms with E-state index < -0.39 is 0 Å². The molecule has 0 aliphatic carbocycles. The van der Waals surface area contributed by atoms with E-state index >= 15 is 0 Å². The number of aromatic nitrogens is 3. The maximum atomic E-state index is 12.7. The largest absolute Gasteiger partial charge is 0.310 e. The number of pyridine rings is 1. The number of amides is 1. The van der Waals surface area contributed by atoms with Gasteiger partial charge in [-0.3, -0.25) is 14.7 Å². The minimum Gasteiger partial charge on any atom is -0.310 e. The first-order valence-corrected chi connectivity index (χ1v) is 11.5. The molecule has 1 aliphatic rings. The van der Waals surface area contributed by atoms with Crippen molar-refractivity contribution in [2.24, 2.45) is 0 Å². The second kappa shape index (κ2) is 10.1. The molecule has 3 heterocycles. The van der Waals surface area contributed by atoms with Crippen LogP contribution in [0.4, 0.5) is 5.82 Å². The van der Waals surface area contributed by atoms with Crippen LogP contribution in [-0.2, 0) is 11.2 Å². The fraction of sp³-hybridized carbons (Fsp3) is 0.423. The molecule has 1 saturated heterocycles. The summed E-state index contributed by atoms with van der Waals surface area (Å²) in [5.41, 5.74) is 4.83. The lowest BCUT2D eigenvalue weighted by Gasteiger charge is -2.32. The summed E-state index contributed by atoms with van der Waals surface area (Å²) in [7, 11) is 0. The van der Waals surface area contributed by atoms with Gasteiger partial charge in [0.1, 0.15) is 5.82 Å². The third-order valence-electron chi connectivity index (χ3n) is 6.00. The van der Waals surface area contributed by atoms with Crippen LogP contribution in [0, 0.1) is 6.92 Å². The topological polar surface area (TPSA) is 63.1 Å². The summed E-state index contributed by atoms with van der Waals surface area (Å²) in [6, 6.07) is 17.1. The molecule has 1 amide bonds. The number of aryl methyl sites for hydroxylation is 1. The maximum absolute atomic E-state index is 12.7. The lowest BCUT2D eigenvalue weighted by Crippen LogP contribution is -2.40. The van der Waals surface area contributed by atoms with Crippen LogP contribution < -0.4 is 5.32 Å². The summed E-state index contributed by atoms with van der Waals surface area (Å²) in [5.74, 6) is 1.12. The monoisotopic (exact) mass is 431 g/mol. The van der Waals surface area contributed by atoms with E-state index in [2.05, 4.69) is 78.6 Å². The molecule has 0 unspecified atom stereocenters. The highest BCUT2D eigenvalue weighted by Gasteiger charge is 2.24. The van der Waals surface area contributed by atoms with Crippen LogP contribution in [-0.4, -0.2) is 45.2 Å². The molecule has 1 fully saturated rings. The van der Waals surface area contributed by atoms with Gasteiger partial charge in [0, 0.05) is 36.0 Å². The van der Waals surface area contributed by atoms with Crippen LogP contribution >= 0.6 is 0 Å². The summed E-state index contributed by atoms with van der Waals surface area (Å²) < 4.78 is 1.84. The molecule has 1 N–H and O–H groups in total. The number of piperidine rings is 1. The number of anilines is 1. The van der Waals surface area contributed by atoms with Gasteiger partial charge >= 0.3 is 0 Å². The van der Waals surface area contributed by atoms with Crippen molar-refractivity contribution in [3.05, 3.63) is 77.2 Å². The number of carbonyl (C=O) groups excluding carboxylic acids is 1. The Balaban J connectivity index is 1.40. The lowest BCUT2D eigenvalue weighted by atomic mass is 9.92. The van der Waals surface area contributed by atoms with Crippen molar-refractivity contribution in [1.29, 1.82) is 0 Å². The van der Waals surface area contributed by atoms with Crippen molar-refractivity contribution in [3.63, 3.8) is 0 Å². The zero-order chi connectivity index (χ0) is 22.5. The zero-order valence-electron chi connectivity index (χ0n) is 19.3. The fourth-order valence-corrected chi connectivity index (χ4v) is 4.56. The van der Waals surface area contributed by atoms with Gasteiger partial charge in [-0.2, -0.15) is 5.10 Å². The Bertz CT molecular complexity index is 1040. The fourth-order valence-electron chi connectivity index (χ4n) is 4.56. The molecule has 0 radical (unpaired) electrons. The van der Waals surface area contributed by atoms with E-state index in [1.165, 1.54) is 11.1 Å². The summed E-state index contributed by atoms with van der Waals surface area (Å²) >= 11 is 0. The first-order chi connectivity index (χ1) is 15.5. The van der Waals surface area contributed by atoms with E-state index in [1.54, 1.807) is 6.20 Å². The molecule has 6 nitrogen and oxygen atoms in total. The Hall–Kier alpha value is -2.99. The molecule has 2 aromatic heterocycles. The molecular formula is C26H33N5O. The predicted molar refractivity (Wildman–Crippen MR) is 128 cm³/mol. The molecule has 3 aromatic rings. The van der Waals surface area contributed by atoms with E-state index in [0.29, 0.717) is 12.5 Å². The van der Waals surface area contributed by atoms with Gasteiger partial charge in [-0.15, -0.1) is 0 Å². The quantitative estimate of drug-likeness (QED) is 0.595. The van der Waals surface area contributed by atoms with Crippen molar-refractivity contribution >= 4 is 11.7 Å². The first kappa shape index (κ1) is 22.2.